The monoisotopic (exact) mass is 397 g/mol. The Labute approximate surface area is 159 Å². The van der Waals surface area contributed by atoms with Crippen LogP contribution in [-0.4, -0.2) is 44.0 Å². The normalized spacial score (nSPS) is 11.0. The summed E-state index contributed by atoms with van der Waals surface area (Å²) in [5, 5.41) is 0. The number of benzene rings is 2. The van der Waals surface area contributed by atoms with Crippen molar-refractivity contribution in [2.45, 2.75) is 11.4 Å². The summed E-state index contributed by atoms with van der Waals surface area (Å²) in [7, 11) is 3.55. The molecule has 0 bridgehead atoms. The van der Waals surface area contributed by atoms with Crippen LogP contribution in [0.1, 0.15) is 5.56 Å². The Kier molecular flexibility index (Phi) is 6.75. The van der Waals surface area contributed by atoms with Gasteiger partial charge in [-0.15, -0.1) is 0 Å². The quantitative estimate of drug-likeness (QED) is 0.693. The third kappa shape index (κ3) is 4.55. The molecule has 0 heterocycles. The van der Waals surface area contributed by atoms with Crippen LogP contribution in [0.5, 0.6) is 28.7 Å². The number of rotatable bonds is 9. The van der Waals surface area contributed by atoms with E-state index in [4.69, 9.17) is 23.7 Å². The zero-order valence-corrected chi connectivity index (χ0v) is 16.7. The number of methoxy groups -OCH3 is 5. The van der Waals surface area contributed by atoms with Crippen LogP contribution in [-0.2, 0) is 16.6 Å². The topological polar surface area (TPSA) is 92.3 Å². The summed E-state index contributed by atoms with van der Waals surface area (Å²) in [4.78, 5) is 0.0123. The van der Waals surface area contributed by atoms with Gasteiger partial charge < -0.3 is 23.7 Å². The van der Waals surface area contributed by atoms with Crippen LogP contribution in [0.4, 0.5) is 0 Å². The molecule has 0 amide bonds. The van der Waals surface area contributed by atoms with Gasteiger partial charge in [0.15, 0.2) is 11.5 Å². The number of hydrogen-bond acceptors (Lipinski definition) is 7. The van der Waals surface area contributed by atoms with Crippen LogP contribution in [0.3, 0.4) is 0 Å². The molecule has 148 valence electrons. The predicted molar refractivity (Wildman–Crippen MR) is 99.7 cm³/mol. The largest absolute Gasteiger partial charge is 0.497 e. The molecular formula is C18H23NO7S. The van der Waals surface area contributed by atoms with Crippen molar-refractivity contribution in [3.05, 3.63) is 35.9 Å². The first-order valence-corrected chi connectivity index (χ1v) is 9.39. The SMILES string of the molecule is COc1ccc(S(=O)(=O)NCc2cc(OC)c(OC)c(OC)c2)c(OC)c1. The lowest BCUT2D eigenvalue weighted by atomic mass is 10.2. The summed E-state index contributed by atoms with van der Waals surface area (Å²) in [5.74, 6) is 1.99. The van der Waals surface area contributed by atoms with Gasteiger partial charge in [0.2, 0.25) is 15.8 Å². The Morgan fingerprint density at radius 3 is 1.85 bits per heavy atom. The second kappa shape index (κ2) is 8.83. The lowest BCUT2D eigenvalue weighted by Crippen LogP contribution is -2.23. The van der Waals surface area contributed by atoms with Gasteiger partial charge in [-0.3, -0.25) is 0 Å². The summed E-state index contributed by atoms with van der Waals surface area (Å²) in [6.45, 7) is 0.0221. The molecule has 0 aromatic heterocycles. The first-order valence-electron chi connectivity index (χ1n) is 7.90. The molecule has 0 radical (unpaired) electrons. The van der Waals surface area contributed by atoms with Crippen LogP contribution >= 0.6 is 0 Å². The molecule has 27 heavy (non-hydrogen) atoms. The van der Waals surface area contributed by atoms with Gasteiger partial charge in [-0.1, -0.05) is 0 Å². The van der Waals surface area contributed by atoms with Crippen molar-refractivity contribution < 1.29 is 32.1 Å². The fraction of sp³-hybridized carbons (Fsp3) is 0.333. The Morgan fingerprint density at radius 1 is 0.778 bits per heavy atom. The van der Waals surface area contributed by atoms with Gasteiger partial charge in [-0.25, -0.2) is 13.1 Å². The van der Waals surface area contributed by atoms with Crippen molar-refractivity contribution in [1.82, 2.24) is 4.72 Å². The first kappa shape index (κ1) is 20.7. The van der Waals surface area contributed by atoms with E-state index in [-0.39, 0.29) is 17.2 Å². The highest BCUT2D eigenvalue weighted by Crippen LogP contribution is 2.38. The lowest BCUT2D eigenvalue weighted by molar-refractivity contribution is 0.323. The van der Waals surface area contributed by atoms with E-state index in [1.165, 1.54) is 47.7 Å². The van der Waals surface area contributed by atoms with Crippen LogP contribution in [0.15, 0.2) is 35.2 Å². The summed E-state index contributed by atoms with van der Waals surface area (Å²) in [6, 6.07) is 7.84. The minimum atomic E-state index is -3.82. The van der Waals surface area contributed by atoms with Crippen LogP contribution in [0.2, 0.25) is 0 Å². The van der Waals surface area contributed by atoms with E-state index in [0.29, 0.717) is 28.6 Å². The van der Waals surface area contributed by atoms with Crippen LogP contribution < -0.4 is 28.4 Å². The summed E-state index contributed by atoms with van der Waals surface area (Å²) in [6.07, 6.45) is 0. The lowest BCUT2D eigenvalue weighted by Gasteiger charge is -2.15. The van der Waals surface area contributed by atoms with E-state index in [0.717, 1.165) is 0 Å². The van der Waals surface area contributed by atoms with Gasteiger partial charge in [-0.2, -0.15) is 0 Å². The first-order chi connectivity index (χ1) is 12.9. The van der Waals surface area contributed by atoms with Crippen molar-refractivity contribution in [1.29, 1.82) is 0 Å². The van der Waals surface area contributed by atoms with Gasteiger partial charge in [0.1, 0.15) is 16.4 Å². The molecule has 2 rings (SSSR count). The molecule has 2 aromatic carbocycles. The average Bonchev–Trinajstić information content (AvgIpc) is 2.70. The maximum absolute atomic E-state index is 12.7. The van der Waals surface area contributed by atoms with Gasteiger partial charge >= 0.3 is 0 Å². The number of ether oxygens (including phenoxy) is 5. The Balaban J connectivity index is 2.30. The maximum atomic E-state index is 12.7. The zero-order valence-electron chi connectivity index (χ0n) is 15.9. The summed E-state index contributed by atoms with van der Waals surface area (Å²) < 4.78 is 54.0. The van der Waals surface area contributed by atoms with E-state index in [1.54, 1.807) is 18.2 Å². The third-order valence-corrected chi connectivity index (χ3v) is 5.29. The van der Waals surface area contributed by atoms with Crippen molar-refractivity contribution in [2.24, 2.45) is 0 Å². The maximum Gasteiger partial charge on any atom is 0.244 e. The molecule has 8 nitrogen and oxygen atoms in total. The van der Waals surface area contributed by atoms with Crippen molar-refractivity contribution in [2.75, 3.05) is 35.5 Å². The van der Waals surface area contributed by atoms with E-state index in [1.807, 2.05) is 0 Å². The smallest absolute Gasteiger partial charge is 0.244 e. The second-order valence-corrected chi connectivity index (χ2v) is 7.11. The molecule has 1 N–H and O–H groups in total. The number of sulfonamides is 1. The highest BCUT2D eigenvalue weighted by Gasteiger charge is 2.21. The van der Waals surface area contributed by atoms with Crippen LogP contribution in [0.25, 0.3) is 0 Å². The molecule has 0 spiro atoms. The van der Waals surface area contributed by atoms with Crippen LogP contribution in [0, 0.1) is 0 Å². The van der Waals surface area contributed by atoms with Gasteiger partial charge in [0.25, 0.3) is 0 Å². The average molecular weight is 397 g/mol. The second-order valence-electron chi connectivity index (χ2n) is 5.37. The minimum absolute atomic E-state index is 0.0123. The zero-order chi connectivity index (χ0) is 20.0. The molecule has 0 saturated heterocycles. The van der Waals surface area contributed by atoms with Crippen molar-refractivity contribution in [3.8, 4) is 28.7 Å². The molecular weight excluding hydrogens is 374 g/mol. The molecule has 0 aliphatic heterocycles. The van der Waals surface area contributed by atoms with Gasteiger partial charge in [0.05, 0.1) is 35.5 Å². The summed E-state index contributed by atoms with van der Waals surface area (Å²) in [5.41, 5.74) is 0.639. The highest BCUT2D eigenvalue weighted by molar-refractivity contribution is 7.89. The fourth-order valence-electron chi connectivity index (χ4n) is 2.49. The van der Waals surface area contributed by atoms with Crippen molar-refractivity contribution >= 4 is 10.0 Å². The Bertz CT molecular complexity index is 872. The number of nitrogens with one attached hydrogen (secondary N) is 1. The standard InChI is InChI=1S/C18H23NO7S/c1-22-13-6-7-17(14(10-13)23-2)27(20,21)19-11-12-8-15(24-3)18(26-5)16(9-12)25-4/h6-10,19H,11H2,1-5H3. The molecule has 0 fully saturated rings. The third-order valence-electron chi connectivity index (χ3n) is 3.85. The molecule has 9 heteroatoms. The van der Waals surface area contributed by atoms with E-state index >= 15 is 0 Å². The molecule has 2 aromatic rings. The highest BCUT2D eigenvalue weighted by atomic mass is 32.2. The Hall–Kier alpha value is -2.65. The molecule has 0 saturated carbocycles. The minimum Gasteiger partial charge on any atom is -0.497 e. The molecule has 0 aliphatic rings. The van der Waals surface area contributed by atoms with Crippen molar-refractivity contribution in [3.63, 3.8) is 0 Å². The molecule has 0 unspecified atom stereocenters. The van der Waals surface area contributed by atoms with E-state index < -0.39 is 10.0 Å². The van der Waals surface area contributed by atoms with Gasteiger partial charge in [-0.05, 0) is 29.8 Å². The fourth-order valence-corrected chi connectivity index (χ4v) is 3.66. The molecule has 0 aliphatic carbocycles. The van der Waals surface area contributed by atoms with Gasteiger partial charge in [0, 0.05) is 12.6 Å². The molecule has 0 atom stereocenters. The number of hydrogen-bond donors (Lipinski definition) is 1. The van der Waals surface area contributed by atoms with E-state index in [9.17, 15) is 8.42 Å². The Morgan fingerprint density at radius 2 is 1.37 bits per heavy atom. The summed E-state index contributed by atoms with van der Waals surface area (Å²) >= 11 is 0. The van der Waals surface area contributed by atoms with E-state index in [2.05, 4.69) is 4.72 Å². The predicted octanol–water partition coefficient (Wildman–Crippen LogP) is 2.21.